The number of nitrogens with one attached hydrogen (secondary N) is 2. The number of nitriles is 1. The third-order valence-electron chi connectivity index (χ3n) is 3.92. The number of aryl methyl sites for hydroxylation is 1. The van der Waals surface area contributed by atoms with Gasteiger partial charge in [-0.15, -0.1) is 0 Å². The first kappa shape index (κ1) is 18.1. The monoisotopic (exact) mass is 357 g/mol. The average Bonchev–Trinajstić information content (AvgIpc) is 2.68. The number of anilines is 2. The Morgan fingerprint density at radius 3 is 2.59 bits per heavy atom. The smallest absolute Gasteiger partial charge is 0.270 e. The fourth-order valence-electron chi connectivity index (χ4n) is 2.63. The Balaban J connectivity index is 1.69. The summed E-state index contributed by atoms with van der Waals surface area (Å²) in [5.74, 6) is 0.689. The SMILES string of the molecule is Cc1nc(Nc2ccccc2C#N)cc(C(=O)NCCc2ccccc2)n1. The van der Waals surface area contributed by atoms with Crippen molar-refractivity contribution >= 4 is 17.4 Å². The highest BCUT2D eigenvalue weighted by Gasteiger charge is 2.11. The van der Waals surface area contributed by atoms with E-state index in [1.165, 1.54) is 0 Å². The number of nitrogens with zero attached hydrogens (tertiary/aromatic N) is 3. The van der Waals surface area contributed by atoms with Gasteiger partial charge >= 0.3 is 0 Å². The van der Waals surface area contributed by atoms with Gasteiger partial charge in [0, 0.05) is 12.6 Å². The summed E-state index contributed by atoms with van der Waals surface area (Å²) < 4.78 is 0. The van der Waals surface area contributed by atoms with Crippen LogP contribution in [0, 0.1) is 18.3 Å². The molecule has 6 nitrogen and oxygen atoms in total. The van der Waals surface area contributed by atoms with Gasteiger partial charge in [0.2, 0.25) is 0 Å². The van der Waals surface area contributed by atoms with Gasteiger partial charge in [0.15, 0.2) is 0 Å². The van der Waals surface area contributed by atoms with E-state index in [-0.39, 0.29) is 11.6 Å². The summed E-state index contributed by atoms with van der Waals surface area (Å²) in [4.78, 5) is 21.0. The highest BCUT2D eigenvalue weighted by molar-refractivity contribution is 5.93. The zero-order valence-corrected chi connectivity index (χ0v) is 14.9. The largest absolute Gasteiger partial charge is 0.350 e. The van der Waals surface area contributed by atoms with Gasteiger partial charge in [-0.1, -0.05) is 42.5 Å². The maximum Gasteiger partial charge on any atom is 0.270 e. The van der Waals surface area contributed by atoms with Crippen molar-refractivity contribution in [2.45, 2.75) is 13.3 Å². The molecule has 27 heavy (non-hydrogen) atoms. The molecule has 2 aromatic carbocycles. The summed E-state index contributed by atoms with van der Waals surface area (Å²) in [5.41, 5.74) is 2.58. The maximum absolute atomic E-state index is 12.4. The number of carbonyl (C=O) groups is 1. The van der Waals surface area contributed by atoms with E-state index in [4.69, 9.17) is 0 Å². The van der Waals surface area contributed by atoms with E-state index >= 15 is 0 Å². The van der Waals surface area contributed by atoms with Crippen LogP contribution in [0.1, 0.15) is 27.4 Å². The second-order valence-corrected chi connectivity index (χ2v) is 5.96. The van der Waals surface area contributed by atoms with E-state index in [2.05, 4.69) is 26.7 Å². The molecule has 134 valence electrons. The van der Waals surface area contributed by atoms with Gasteiger partial charge in [-0.3, -0.25) is 4.79 Å². The van der Waals surface area contributed by atoms with Crippen LogP contribution in [0.2, 0.25) is 0 Å². The van der Waals surface area contributed by atoms with E-state index < -0.39 is 0 Å². The minimum atomic E-state index is -0.256. The molecule has 3 aromatic rings. The molecule has 0 bridgehead atoms. The molecule has 0 radical (unpaired) electrons. The first-order valence-corrected chi connectivity index (χ1v) is 8.59. The number of para-hydroxylation sites is 1. The van der Waals surface area contributed by atoms with Crippen LogP contribution in [-0.4, -0.2) is 22.4 Å². The van der Waals surface area contributed by atoms with Crippen molar-refractivity contribution in [3.63, 3.8) is 0 Å². The summed E-state index contributed by atoms with van der Waals surface area (Å²) in [6.45, 7) is 2.24. The number of benzene rings is 2. The van der Waals surface area contributed by atoms with Crippen molar-refractivity contribution in [1.29, 1.82) is 5.26 Å². The predicted molar refractivity (Wildman–Crippen MR) is 104 cm³/mol. The number of hydrogen-bond donors (Lipinski definition) is 2. The minimum Gasteiger partial charge on any atom is -0.350 e. The third kappa shape index (κ3) is 4.89. The molecule has 3 rings (SSSR count). The Hall–Kier alpha value is -3.72. The standard InChI is InChI=1S/C21H19N5O/c1-15-24-19(21(27)23-12-11-16-7-3-2-4-8-16)13-20(25-15)26-18-10-6-5-9-17(18)14-22/h2-10,13H,11-12H2,1H3,(H,23,27)(H,24,25,26). The summed E-state index contributed by atoms with van der Waals surface area (Å²) in [5, 5.41) is 15.2. The van der Waals surface area contributed by atoms with Gasteiger partial charge in [0.05, 0.1) is 11.3 Å². The average molecular weight is 357 g/mol. The lowest BCUT2D eigenvalue weighted by Crippen LogP contribution is -2.27. The van der Waals surface area contributed by atoms with Crippen LogP contribution in [0.5, 0.6) is 0 Å². The minimum absolute atomic E-state index is 0.256. The van der Waals surface area contributed by atoms with Gasteiger partial charge in [0.1, 0.15) is 23.4 Å². The van der Waals surface area contributed by atoms with Gasteiger partial charge in [-0.2, -0.15) is 5.26 Å². The van der Waals surface area contributed by atoms with Crippen LogP contribution in [0.15, 0.2) is 60.7 Å². The molecule has 0 aliphatic rings. The molecule has 2 N–H and O–H groups in total. The van der Waals surface area contributed by atoms with E-state index in [1.807, 2.05) is 36.4 Å². The van der Waals surface area contributed by atoms with E-state index in [9.17, 15) is 10.1 Å². The molecule has 1 aromatic heterocycles. The zero-order chi connectivity index (χ0) is 19.1. The predicted octanol–water partition coefficient (Wildman–Crippen LogP) is 3.37. The summed E-state index contributed by atoms with van der Waals surface area (Å²) in [7, 11) is 0. The van der Waals surface area contributed by atoms with Crippen LogP contribution in [0.4, 0.5) is 11.5 Å². The molecule has 0 aliphatic heterocycles. The molecule has 0 aliphatic carbocycles. The van der Waals surface area contributed by atoms with Crippen molar-refractivity contribution < 1.29 is 4.79 Å². The van der Waals surface area contributed by atoms with Crippen LogP contribution in [0.25, 0.3) is 0 Å². The lowest BCUT2D eigenvalue weighted by atomic mass is 10.1. The molecule has 6 heteroatoms. The van der Waals surface area contributed by atoms with Gasteiger partial charge in [-0.25, -0.2) is 9.97 Å². The van der Waals surface area contributed by atoms with Crippen molar-refractivity contribution in [3.05, 3.63) is 83.3 Å². The summed E-state index contributed by atoms with van der Waals surface area (Å²) in [6.07, 6.45) is 0.747. The lowest BCUT2D eigenvalue weighted by Gasteiger charge is -2.10. The van der Waals surface area contributed by atoms with Crippen LogP contribution >= 0.6 is 0 Å². The van der Waals surface area contributed by atoms with Crippen LogP contribution in [-0.2, 0) is 6.42 Å². The number of amides is 1. The Bertz CT molecular complexity index is 979. The number of carbonyl (C=O) groups excluding carboxylic acids is 1. The topological polar surface area (TPSA) is 90.7 Å². The van der Waals surface area contributed by atoms with Crippen molar-refractivity contribution in [2.75, 3.05) is 11.9 Å². The lowest BCUT2D eigenvalue weighted by molar-refractivity contribution is 0.0949. The molecule has 0 unspecified atom stereocenters. The van der Waals surface area contributed by atoms with E-state index in [0.717, 1.165) is 12.0 Å². The van der Waals surface area contributed by atoms with Crippen LogP contribution < -0.4 is 10.6 Å². The molecule has 1 amide bonds. The van der Waals surface area contributed by atoms with E-state index in [1.54, 1.807) is 31.2 Å². The second kappa shape index (κ2) is 8.59. The van der Waals surface area contributed by atoms with Gasteiger partial charge in [-0.05, 0) is 31.0 Å². The molecule has 1 heterocycles. The normalized spacial score (nSPS) is 10.1. The molecule has 0 saturated heterocycles. The number of hydrogen-bond acceptors (Lipinski definition) is 5. The fraction of sp³-hybridized carbons (Fsp3) is 0.143. The molecular formula is C21H19N5O. The third-order valence-corrected chi connectivity index (χ3v) is 3.92. The van der Waals surface area contributed by atoms with E-state index in [0.29, 0.717) is 29.4 Å². The molecule has 0 fully saturated rings. The van der Waals surface area contributed by atoms with Gasteiger partial charge < -0.3 is 10.6 Å². The summed E-state index contributed by atoms with van der Waals surface area (Å²) >= 11 is 0. The number of aromatic nitrogens is 2. The number of rotatable bonds is 6. The van der Waals surface area contributed by atoms with Crippen molar-refractivity contribution in [2.24, 2.45) is 0 Å². The molecule has 0 saturated carbocycles. The Kier molecular flexibility index (Phi) is 5.75. The van der Waals surface area contributed by atoms with Crippen molar-refractivity contribution in [1.82, 2.24) is 15.3 Å². The highest BCUT2D eigenvalue weighted by atomic mass is 16.1. The highest BCUT2D eigenvalue weighted by Crippen LogP contribution is 2.19. The quantitative estimate of drug-likeness (QED) is 0.706. The van der Waals surface area contributed by atoms with Gasteiger partial charge in [0.25, 0.3) is 5.91 Å². The van der Waals surface area contributed by atoms with Crippen molar-refractivity contribution in [3.8, 4) is 6.07 Å². The molecule has 0 atom stereocenters. The summed E-state index contributed by atoms with van der Waals surface area (Å²) in [6, 6.07) is 20.8. The molecule has 0 spiro atoms. The first-order chi connectivity index (χ1) is 13.2. The zero-order valence-electron chi connectivity index (χ0n) is 14.9. The Morgan fingerprint density at radius 1 is 1.07 bits per heavy atom. The first-order valence-electron chi connectivity index (χ1n) is 8.59. The fourth-order valence-corrected chi connectivity index (χ4v) is 2.63. The van der Waals surface area contributed by atoms with Crippen LogP contribution in [0.3, 0.4) is 0 Å². The second-order valence-electron chi connectivity index (χ2n) is 5.96. The molecular weight excluding hydrogens is 338 g/mol. The Morgan fingerprint density at radius 2 is 1.81 bits per heavy atom. The Labute approximate surface area is 157 Å². The maximum atomic E-state index is 12.4.